The standard InChI is InChI=1S/C15H22F3N3O3S/c1-2-24-14-5-3-13(4-6-14)11-20-7-9-21(10-8-20)25(22,23)19-12-15(16,17)18/h3-6,19H,2,7-12H2,1H3. The minimum atomic E-state index is -4.57. The van der Waals surface area contributed by atoms with Crippen molar-refractivity contribution in [1.29, 1.82) is 0 Å². The normalized spacial score (nSPS) is 17.6. The molecule has 1 fully saturated rings. The number of rotatable bonds is 7. The van der Waals surface area contributed by atoms with E-state index in [0.29, 0.717) is 26.2 Å². The molecule has 0 amide bonds. The van der Waals surface area contributed by atoms with Crippen LogP contribution in [0.15, 0.2) is 24.3 Å². The Hall–Kier alpha value is -1.36. The minimum Gasteiger partial charge on any atom is -0.494 e. The van der Waals surface area contributed by atoms with Gasteiger partial charge in [-0.1, -0.05) is 12.1 Å². The summed E-state index contributed by atoms with van der Waals surface area (Å²) in [6.45, 7) is 2.83. The topological polar surface area (TPSA) is 61.9 Å². The maximum atomic E-state index is 12.2. The molecule has 1 aromatic rings. The molecule has 0 aromatic heterocycles. The molecule has 0 aliphatic carbocycles. The first-order valence-corrected chi connectivity index (χ1v) is 9.39. The highest BCUT2D eigenvalue weighted by molar-refractivity contribution is 7.87. The fourth-order valence-corrected chi connectivity index (χ4v) is 3.68. The molecule has 0 saturated carbocycles. The van der Waals surface area contributed by atoms with Gasteiger partial charge in [-0.05, 0) is 24.6 Å². The molecule has 0 unspecified atom stereocenters. The zero-order chi connectivity index (χ0) is 18.5. The van der Waals surface area contributed by atoms with E-state index in [1.54, 1.807) is 4.72 Å². The Bertz CT molecular complexity index is 642. The van der Waals surface area contributed by atoms with Crippen LogP contribution in [-0.4, -0.2) is 63.1 Å². The monoisotopic (exact) mass is 381 g/mol. The van der Waals surface area contributed by atoms with Crippen LogP contribution in [0.3, 0.4) is 0 Å². The predicted octanol–water partition coefficient (Wildman–Crippen LogP) is 1.60. The summed E-state index contributed by atoms with van der Waals surface area (Å²) in [7, 11) is -4.10. The summed E-state index contributed by atoms with van der Waals surface area (Å²) >= 11 is 0. The van der Waals surface area contributed by atoms with E-state index < -0.39 is 22.9 Å². The number of halogens is 3. The minimum absolute atomic E-state index is 0.157. The number of nitrogens with one attached hydrogen (secondary N) is 1. The molecule has 1 N–H and O–H groups in total. The maximum Gasteiger partial charge on any atom is 0.402 e. The van der Waals surface area contributed by atoms with Crippen molar-refractivity contribution >= 4 is 10.2 Å². The van der Waals surface area contributed by atoms with Gasteiger partial charge in [0.15, 0.2) is 0 Å². The van der Waals surface area contributed by atoms with Crippen molar-refractivity contribution in [2.45, 2.75) is 19.6 Å². The smallest absolute Gasteiger partial charge is 0.402 e. The Morgan fingerprint density at radius 3 is 2.24 bits per heavy atom. The molecule has 10 heteroatoms. The molecule has 1 aliphatic rings. The molecule has 1 aromatic carbocycles. The Balaban J connectivity index is 1.82. The largest absolute Gasteiger partial charge is 0.494 e. The lowest BCUT2D eigenvalue weighted by Gasteiger charge is -2.34. The highest BCUT2D eigenvalue weighted by Gasteiger charge is 2.33. The summed E-state index contributed by atoms with van der Waals surface area (Å²) in [5, 5.41) is 0. The van der Waals surface area contributed by atoms with Crippen LogP contribution in [0.1, 0.15) is 12.5 Å². The Kier molecular flexibility index (Phi) is 6.66. The summed E-state index contributed by atoms with van der Waals surface area (Å²) in [4.78, 5) is 2.06. The van der Waals surface area contributed by atoms with E-state index in [2.05, 4.69) is 4.90 Å². The van der Waals surface area contributed by atoms with Gasteiger partial charge < -0.3 is 4.74 Å². The number of nitrogens with zero attached hydrogens (tertiary/aromatic N) is 2. The Labute approximate surface area is 145 Å². The molecule has 2 rings (SSSR count). The molecular formula is C15H22F3N3O3S. The first kappa shape index (κ1) is 20.0. The molecular weight excluding hydrogens is 359 g/mol. The maximum absolute atomic E-state index is 12.2. The molecule has 1 heterocycles. The van der Waals surface area contributed by atoms with Crippen LogP contribution in [0.4, 0.5) is 13.2 Å². The predicted molar refractivity (Wildman–Crippen MR) is 87.4 cm³/mol. The molecule has 0 radical (unpaired) electrons. The van der Waals surface area contributed by atoms with E-state index in [1.165, 1.54) is 0 Å². The van der Waals surface area contributed by atoms with Gasteiger partial charge in [-0.2, -0.15) is 30.6 Å². The van der Waals surface area contributed by atoms with Gasteiger partial charge in [0.1, 0.15) is 12.3 Å². The molecule has 0 atom stereocenters. The first-order valence-electron chi connectivity index (χ1n) is 7.95. The van der Waals surface area contributed by atoms with Gasteiger partial charge >= 0.3 is 6.18 Å². The van der Waals surface area contributed by atoms with E-state index in [0.717, 1.165) is 15.6 Å². The second-order valence-electron chi connectivity index (χ2n) is 5.69. The number of ether oxygens (including phenoxy) is 1. The zero-order valence-corrected chi connectivity index (χ0v) is 14.7. The fraction of sp³-hybridized carbons (Fsp3) is 0.600. The second-order valence-corrected chi connectivity index (χ2v) is 7.45. The highest BCUT2D eigenvalue weighted by Crippen LogP contribution is 2.16. The third-order valence-corrected chi connectivity index (χ3v) is 5.32. The van der Waals surface area contributed by atoms with Gasteiger partial charge in [0.2, 0.25) is 0 Å². The summed E-state index contributed by atoms with van der Waals surface area (Å²) in [6.07, 6.45) is -4.57. The summed E-state index contributed by atoms with van der Waals surface area (Å²) in [5.41, 5.74) is 1.06. The van der Waals surface area contributed by atoms with Crippen LogP contribution in [0, 0.1) is 0 Å². The summed E-state index contributed by atoms with van der Waals surface area (Å²) in [6, 6.07) is 7.64. The lowest BCUT2D eigenvalue weighted by Crippen LogP contribution is -2.52. The SMILES string of the molecule is CCOc1ccc(CN2CCN(S(=O)(=O)NCC(F)(F)F)CC2)cc1. The van der Waals surface area contributed by atoms with Gasteiger partial charge in [0.05, 0.1) is 6.61 Å². The van der Waals surface area contributed by atoms with E-state index in [1.807, 2.05) is 31.2 Å². The lowest BCUT2D eigenvalue weighted by atomic mass is 10.2. The van der Waals surface area contributed by atoms with Crippen molar-refractivity contribution in [3.63, 3.8) is 0 Å². The molecule has 0 bridgehead atoms. The van der Waals surface area contributed by atoms with Crippen molar-refractivity contribution in [2.24, 2.45) is 0 Å². The number of hydrogen-bond acceptors (Lipinski definition) is 4. The van der Waals surface area contributed by atoms with Gasteiger partial charge in [0.25, 0.3) is 10.2 Å². The van der Waals surface area contributed by atoms with E-state index >= 15 is 0 Å². The quantitative estimate of drug-likeness (QED) is 0.779. The lowest BCUT2D eigenvalue weighted by molar-refractivity contribution is -0.121. The summed E-state index contributed by atoms with van der Waals surface area (Å²) in [5.74, 6) is 0.790. The summed E-state index contributed by atoms with van der Waals surface area (Å²) < 4.78 is 68.3. The average molecular weight is 381 g/mol. The van der Waals surface area contributed by atoms with Crippen molar-refractivity contribution in [1.82, 2.24) is 13.9 Å². The second kappa shape index (κ2) is 8.35. The number of hydrogen-bond donors (Lipinski definition) is 1. The fourth-order valence-electron chi connectivity index (χ4n) is 2.51. The number of piperazine rings is 1. The van der Waals surface area contributed by atoms with Crippen molar-refractivity contribution in [3.05, 3.63) is 29.8 Å². The van der Waals surface area contributed by atoms with E-state index in [9.17, 15) is 21.6 Å². The molecule has 1 saturated heterocycles. The van der Waals surface area contributed by atoms with Crippen molar-refractivity contribution in [2.75, 3.05) is 39.3 Å². The Morgan fingerprint density at radius 2 is 1.72 bits per heavy atom. The van der Waals surface area contributed by atoms with Gasteiger partial charge in [0, 0.05) is 32.7 Å². The molecule has 1 aliphatic heterocycles. The molecule has 6 nitrogen and oxygen atoms in total. The number of benzene rings is 1. The average Bonchev–Trinajstić information content (AvgIpc) is 2.55. The first-order chi connectivity index (χ1) is 11.7. The zero-order valence-electron chi connectivity index (χ0n) is 13.9. The van der Waals surface area contributed by atoms with Gasteiger partial charge in [-0.15, -0.1) is 0 Å². The van der Waals surface area contributed by atoms with Crippen LogP contribution >= 0.6 is 0 Å². The highest BCUT2D eigenvalue weighted by atomic mass is 32.2. The van der Waals surface area contributed by atoms with Crippen molar-refractivity contribution in [3.8, 4) is 5.75 Å². The van der Waals surface area contributed by atoms with Crippen LogP contribution in [-0.2, 0) is 16.8 Å². The van der Waals surface area contributed by atoms with Crippen LogP contribution in [0.5, 0.6) is 5.75 Å². The van der Waals surface area contributed by atoms with Crippen LogP contribution in [0.25, 0.3) is 0 Å². The van der Waals surface area contributed by atoms with Crippen LogP contribution in [0.2, 0.25) is 0 Å². The van der Waals surface area contributed by atoms with Gasteiger partial charge in [-0.25, -0.2) is 0 Å². The van der Waals surface area contributed by atoms with Crippen LogP contribution < -0.4 is 9.46 Å². The molecule has 25 heavy (non-hydrogen) atoms. The van der Waals surface area contributed by atoms with E-state index in [-0.39, 0.29) is 13.1 Å². The third kappa shape index (κ3) is 6.46. The number of alkyl halides is 3. The molecule has 0 spiro atoms. The van der Waals surface area contributed by atoms with Crippen molar-refractivity contribution < 1.29 is 26.3 Å². The Morgan fingerprint density at radius 1 is 1.12 bits per heavy atom. The van der Waals surface area contributed by atoms with Gasteiger partial charge in [-0.3, -0.25) is 4.90 Å². The third-order valence-electron chi connectivity index (χ3n) is 3.77. The van der Waals surface area contributed by atoms with E-state index in [4.69, 9.17) is 4.74 Å². The molecule has 142 valence electrons.